The fraction of sp³-hybridized carbons (Fsp3) is 0.308. The van der Waals surface area contributed by atoms with Crippen LogP contribution in [0.5, 0.6) is 0 Å². The molecule has 0 aliphatic heterocycles. The molecule has 0 unspecified atom stereocenters. The van der Waals surface area contributed by atoms with Crippen LogP contribution in [-0.2, 0) is 16.4 Å². The van der Waals surface area contributed by atoms with Gasteiger partial charge in [-0.15, -0.1) is 0 Å². The Morgan fingerprint density at radius 3 is 2.60 bits per heavy atom. The molecule has 7 heteroatoms. The molecule has 1 aromatic carbocycles. The molecule has 2 rings (SSSR count). The Morgan fingerprint density at radius 1 is 1.30 bits per heavy atom. The van der Waals surface area contributed by atoms with Crippen LogP contribution in [0.15, 0.2) is 28.5 Å². The summed E-state index contributed by atoms with van der Waals surface area (Å²) in [5, 5.41) is 0.266. The molecule has 0 radical (unpaired) electrons. The number of benzene rings is 1. The predicted molar refractivity (Wildman–Crippen MR) is 81.3 cm³/mol. The van der Waals surface area contributed by atoms with Crippen LogP contribution in [0, 0.1) is 13.8 Å². The molecule has 0 spiro atoms. The van der Waals surface area contributed by atoms with E-state index in [1.54, 1.807) is 6.92 Å². The summed E-state index contributed by atoms with van der Waals surface area (Å²) in [6.07, 6.45) is 0.652. The summed E-state index contributed by atoms with van der Waals surface area (Å²) < 4.78 is 27.1. The summed E-state index contributed by atoms with van der Waals surface area (Å²) in [4.78, 5) is 3.93. The summed E-state index contributed by atoms with van der Waals surface area (Å²) in [7, 11) is -3.53. The minimum Gasteiger partial charge on any atom is -0.375 e. The molecule has 0 aliphatic rings. The Hall–Kier alpha value is -1.44. The molecule has 108 valence electrons. The number of anilines is 1. The third-order valence-corrected chi connectivity index (χ3v) is 6.02. The molecular weight excluding hydrogens is 294 g/mol. The SMILES string of the molecule is Cc1ccccc1CCNS(=O)(=O)c1sc(N)nc1C. The van der Waals surface area contributed by atoms with Crippen LogP contribution < -0.4 is 10.5 Å². The second-order valence-electron chi connectivity index (χ2n) is 4.50. The molecule has 1 aromatic heterocycles. The van der Waals surface area contributed by atoms with Gasteiger partial charge in [0, 0.05) is 6.54 Å². The van der Waals surface area contributed by atoms with Gasteiger partial charge in [-0.25, -0.2) is 18.1 Å². The van der Waals surface area contributed by atoms with E-state index in [1.807, 2.05) is 31.2 Å². The lowest BCUT2D eigenvalue weighted by molar-refractivity contribution is 0.583. The van der Waals surface area contributed by atoms with Gasteiger partial charge in [-0.3, -0.25) is 0 Å². The van der Waals surface area contributed by atoms with Crippen molar-refractivity contribution in [3.63, 3.8) is 0 Å². The van der Waals surface area contributed by atoms with E-state index in [-0.39, 0.29) is 9.34 Å². The van der Waals surface area contributed by atoms with Gasteiger partial charge >= 0.3 is 0 Å². The number of thiazole rings is 1. The normalized spacial score (nSPS) is 11.7. The lowest BCUT2D eigenvalue weighted by atomic mass is 10.1. The van der Waals surface area contributed by atoms with Crippen LogP contribution in [0.3, 0.4) is 0 Å². The van der Waals surface area contributed by atoms with Gasteiger partial charge < -0.3 is 5.73 Å². The van der Waals surface area contributed by atoms with Crippen LogP contribution in [0.25, 0.3) is 0 Å². The minimum atomic E-state index is -3.53. The number of aromatic nitrogens is 1. The maximum absolute atomic E-state index is 12.1. The van der Waals surface area contributed by atoms with Gasteiger partial charge in [-0.05, 0) is 31.4 Å². The van der Waals surface area contributed by atoms with Gasteiger partial charge in [-0.2, -0.15) is 0 Å². The average Bonchev–Trinajstić information content (AvgIpc) is 2.72. The van der Waals surface area contributed by atoms with E-state index >= 15 is 0 Å². The fourth-order valence-electron chi connectivity index (χ4n) is 1.93. The molecular formula is C13H17N3O2S2. The Balaban J connectivity index is 2.04. The number of hydrogen-bond acceptors (Lipinski definition) is 5. The zero-order valence-corrected chi connectivity index (χ0v) is 13.0. The van der Waals surface area contributed by atoms with Crippen molar-refractivity contribution in [3.05, 3.63) is 41.1 Å². The average molecular weight is 311 g/mol. The van der Waals surface area contributed by atoms with E-state index in [1.165, 1.54) is 0 Å². The maximum Gasteiger partial charge on any atom is 0.252 e. The molecule has 0 atom stereocenters. The zero-order valence-electron chi connectivity index (χ0n) is 11.4. The third kappa shape index (κ3) is 3.36. The van der Waals surface area contributed by atoms with E-state index in [0.29, 0.717) is 18.7 Å². The molecule has 0 saturated carbocycles. The number of sulfonamides is 1. The number of nitrogen functional groups attached to an aromatic ring is 1. The van der Waals surface area contributed by atoms with Gasteiger partial charge in [0.1, 0.15) is 0 Å². The second-order valence-corrected chi connectivity index (χ2v) is 7.49. The number of aryl methyl sites for hydroxylation is 2. The van der Waals surface area contributed by atoms with E-state index < -0.39 is 10.0 Å². The molecule has 5 nitrogen and oxygen atoms in total. The Labute approximate surface area is 122 Å². The topological polar surface area (TPSA) is 85.1 Å². The first kappa shape index (κ1) is 15.0. The van der Waals surface area contributed by atoms with Crippen LogP contribution in [0.2, 0.25) is 0 Å². The van der Waals surface area contributed by atoms with Crippen molar-refractivity contribution < 1.29 is 8.42 Å². The standard InChI is InChI=1S/C13H17N3O2S2/c1-9-5-3-4-6-11(9)7-8-15-20(17,18)12-10(2)16-13(14)19-12/h3-6,15H,7-8H2,1-2H3,(H2,14,16). The number of hydrogen-bond donors (Lipinski definition) is 2. The van der Waals surface area contributed by atoms with Gasteiger partial charge in [-0.1, -0.05) is 35.6 Å². The first-order valence-corrected chi connectivity index (χ1v) is 8.47. The van der Waals surface area contributed by atoms with Crippen molar-refractivity contribution in [2.75, 3.05) is 12.3 Å². The molecule has 2 aromatic rings. The van der Waals surface area contributed by atoms with E-state index in [9.17, 15) is 8.42 Å². The van der Waals surface area contributed by atoms with Crippen molar-refractivity contribution in [1.29, 1.82) is 0 Å². The molecule has 20 heavy (non-hydrogen) atoms. The largest absolute Gasteiger partial charge is 0.375 e. The number of nitrogens with zero attached hydrogens (tertiary/aromatic N) is 1. The first-order chi connectivity index (χ1) is 9.40. The van der Waals surface area contributed by atoms with Crippen molar-refractivity contribution in [2.45, 2.75) is 24.5 Å². The smallest absolute Gasteiger partial charge is 0.252 e. The van der Waals surface area contributed by atoms with Crippen LogP contribution in [0.4, 0.5) is 5.13 Å². The van der Waals surface area contributed by atoms with Crippen molar-refractivity contribution in [3.8, 4) is 0 Å². The highest BCUT2D eigenvalue weighted by molar-refractivity contribution is 7.91. The van der Waals surface area contributed by atoms with Crippen molar-refractivity contribution >= 4 is 26.5 Å². The molecule has 0 fully saturated rings. The first-order valence-electron chi connectivity index (χ1n) is 6.17. The molecule has 0 bridgehead atoms. The highest BCUT2D eigenvalue weighted by Crippen LogP contribution is 2.24. The van der Waals surface area contributed by atoms with Crippen LogP contribution >= 0.6 is 11.3 Å². The van der Waals surface area contributed by atoms with Crippen molar-refractivity contribution in [1.82, 2.24) is 9.71 Å². The molecule has 0 saturated heterocycles. The highest BCUT2D eigenvalue weighted by atomic mass is 32.2. The van der Waals surface area contributed by atoms with Gasteiger partial charge in [0.2, 0.25) is 0 Å². The Bertz CT molecular complexity index is 708. The Kier molecular flexibility index (Phi) is 4.42. The zero-order chi connectivity index (χ0) is 14.8. The molecule has 0 amide bonds. The van der Waals surface area contributed by atoms with Gasteiger partial charge in [0.15, 0.2) is 9.34 Å². The number of rotatable bonds is 5. The summed E-state index contributed by atoms with van der Waals surface area (Å²) in [5.41, 5.74) is 8.26. The van der Waals surface area contributed by atoms with Crippen LogP contribution in [-0.4, -0.2) is 19.9 Å². The quantitative estimate of drug-likeness (QED) is 0.882. The lowest BCUT2D eigenvalue weighted by Crippen LogP contribution is -2.26. The summed E-state index contributed by atoms with van der Waals surface area (Å²) in [6.45, 7) is 4.01. The lowest BCUT2D eigenvalue weighted by Gasteiger charge is -2.07. The monoisotopic (exact) mass is 311 g/mol. The maximum atomic E-state index is 12.1. The van der Waals surface area contributed by atoms with Crippen molar-refractivity contribution in [2.24, 2.45) is 0 Å². The fourth-order valence-corrected chi connectivity index (χ4v) is 4.30. The summed E-state index contributed by atoms with van der Waals surface area (Å²) >= 11 is 0.987. The van der Waals surface area contributed by atoms with Gasteiger partial charge in [0.05, 0.1) is 5.69 Å². The highest BCUT2D eigenvalue weighted by Gasteiger charge is 2.20. The minimum absolute atomic E-state index is 0.194. The number of nitrogens with one attached hydrogen (secondary N) is 1. The summed E-state index contributed by atoms with van der Waals surface area (Å²) in [6, 6.07) is 7.93. The van der Waals surface area contributed by atoms with Crippen LogP contribution in [0.1, 0.15) is 16.8 Å². The Morgan fingerprint density at radius 2 is 2.00 bits per heavy atom. The summed E-state index contributed by atoms with van der Waals surface area (Å²) in [5.74, 6) is 0. The third-order valence-electron chi connectivity index (χ3n) is 2.96. The molecule has 1 heterocycles. The van der Waals surface area contributed by atoms with E-state index in [4.69, 9.17) is 5.73 Å². The second kappa shape index (κ2) is 5.90. The molecule has 3 N–H and O–H groups in total. The van der Waals surface area contributed by atoms with Gasteiger partial charge in [0.25, 0.3) is 10.0 Å². The number of nitrogens with two attached hydrogens (primary N) is 1. The molecule has 0 aliphatic carbocycles. The van der Waals surface area contributed by atoms with E-state index in [0.717, 1.165) is 22.5 Å². The van der Waals surface area contributed by atoms with E-state index in [2.05, 4.69) is 9.71 Å². The predicted octanol–water partition coefficient (Wildman–Crippen LogP) is 1.86.